The van der Waals surface area contributed by atoms with Crippen LogP contribution < -0.4 is 0 Å². The van der Waals surface area contributed by atoms with Gasteiger partial charge in [0.15, 0.2) is 0 Å². The van der Waals surface area contributed by atoms with Gasteiger partial charge in [-0.25, -0.2) is 0 Å². The highest BCUT2D eigenvalue weighted by molar-refractivity contribution is 5.62. The first-order valence-corrected chi connectivity index (χ1v) is 9.46. The van der Waals surface area contributed by atoms with Crippen LogP contribution in [0.25, 0.3) is 0 Å². The largest absolute Gasteiger partial charge is 0.481 e. The van der Waals surface area contributed by atoms with Crippen LogP contribution in [0, 0.1) is 0 Å². The van der Waals surface area contributed by atoms with Crippen molar-refractivity contribution in [3.8, 4) is 0 Å². The smallest absolute Gasteiger partial charge is 0.300 e. The van der Waals surface area contributed by atoms with Gasteiger partial charge in [0, 0.05) is 13.5 Å². The Morgan fingerprint density at radius 3 is 1.57 bits per heavy atom. The van der Waals surface area contributed by atoms with Crippen molar-refractivity contribution >= 4 is 5.97 Å². The first kappa shape index (κ1) is 24.6. The van der Waals surface area contributed by atoms with E-state index < -0.39 is 5.97 Å². The molecule has 0 aromatic rings. The maximum atomic E-state index is 9.02. The minimum absolute atomic E-state index is 0.322. The van der Waals surface area contributed by atoms with Gasteiger partial charge in [-0.15, -0.1) is 0 Å². The molecule has 1 atom stereocenters. The highest BCUT2D eigenvalue weighted by Gasteiger charge is 1.96. The Kier molecular flexibility index (Phi) is 22.9. The quantitative estimate of drug-likeness (QED) is 0.406. The van der Waals surface area contributed by atoms with E-state index in [0.29, 0.717) is 6.61 Å². The molecule has 0 aromatic carbocycles. The average Bonchev–Trinajstić information content (AvgIpc) is 2.47. The predicted molar refractivity (Wildman–Crippen MR) is 96.9 cm³/mol. The van der Waals surface area contributed by atoms with E-state index in [1.165, 1.54) is 70.6 Å². The Labute approximate surface area is 143 Å². The van der Waals surface area contributed by atoms with Gasteiger partial charge in [0.2, 0.25) is 0 Å². The van der Waals surface area contributed by atoms with E-state index in [-0.39, 0.29) is 6.10 Å². The Hall–Kier alpha value is -0.610. The molecular weight excluding hydrogens is 292 g/mol. The molecule has 0 bridgehead atoms. The van der Waals surface area contributed by atoms with Crippen LogP contribution >= 0.6 is 0 Å². The molecule has 0 aliphatic rings. The number of carboxylic acid groups (broad SMARTS) is 1. The van der Waals surface area contributed by atoms with Crippen LogP contribution in [0.4, 0.5) is 0 Å². The molecule has 2 N–H and O–H groups in total. The second-order valence-corrected chi connectivity index (χ2v) is 6.33. The molecule has 0 radical (unpaired) electrons. The lowest BCUT2D eigenvalue weighted by Gasteiger charge is -2.06. The zero-order chi connectivity index (χ0) is 17.8. The van der Waals surface area contributed by atoms with Crippen molar-refractivity contribution in [3.05, 3.63) is 0 Å². The van der Waals surface area contributed by atoms with Crippen LogP contribution in [0.15, 0.2) is 0 Å². The molecule has 0 heterocycles. The molecule has 0 fully saturated rings. The molecule has 0 aliphatic heterocycles. The molecule has 4 heteroatoms. The summed E-state index contributed by atoms with van der Waals surface area (Å²) >= 11 is 0. The Balaban J connectivity index is 0. The first-order valence-electron chi connectivity index (χ1n) is 9.46. The minimum Gasteiger partial charge on any atom is -0.481 e. The minimum atomic E-state index is -0.833. The highest BCUT2D eigenvalue weighted by Crippen LogP contribution is 2.11. The number of aliphatic carboxylic acids is 1. The summed E-state index contributed by atoms with van der Waals surface area (Å²) in [4.78, 5) is 9.00. The molecular formula is C19H40O4. The Bertz CT molecular complexity index is 225. The van der Waals surface area contributed by atoms with Crippen molar-refractivity contribution in [1.29, 1.82) is 0 Å². The monoisotopic (exact) mass is 332 g/mol. The number of hydrogen-bond acceptors (Lipinski definition) is 3. The molecule has 0 spiro atoms. The lowest BCUT2D eigenvalue weighted by molar-refractivity contribution is -0.134. The lowest BCUT2D eigenvalue weighted by Crippen LogP contribution is -2.10. The van der Waals surface area contributed by atoms with Crippen molar-refractivity contribution in [1.82, 2.24) is 0 Å². The zero-order valence-corrected chi connectivity index (χ0v) is 15.7. The standard InChI is InChI=1S/C17H36O2.C2H4O2/c1-3-4-5-6-7-8-9-10-11-12-13-14-15-19-16-17(2)18;1-2(3)4/h17-18H,3-16H2,1-2H3;1H3,(H,3,4). The molecule has 0 amide bonds. The average molecular weight is 333 g/mol. The summed E-state index contributed by atoms with van der Waals surface area (Å²) in [7, 11) is 0. The number of aliphatic hydroxyl groups excluding tert-OH is 1. The number of carboxylic acids is 1. The van der Waals surface area contributed by atoms with Crippen LogP contribution in [0.1, 0.15) is 97.8 Å². The topological polar surface area (TPSA) is 66.8 Å². The normalized spacial score (nSPS) is 11.7. The third kappa shape index (κ3) is 34.0. The number of hydrogen-bond donors (Lipinski definition) is 2. The van der Waals surface area contributed by atoms with Crippen molar-refractivity contribution < 1.29 is 19.7 Å². The molecule has 1 unspecified atom stereocenters. The van der Waals surface area contributed by atoms with Crippen LogP contribution in [-0.4, -0.2) is 35.5 Å². The van der Waals surface area contributed by atoms with E-state index in [1.807, 2.05) is 0 Å². The van der Waals surface area contributed by atoms with E-state index in [0.717, 1.165) is 20.0 Å². The molecule has 4 nitrogen and oxygen atoms in total. The van der Waals surface area contributed by atoms with Gasteiger partial charge in [-0.05, 0) is 13.3 Å². The number of ether oxygens (including phenoxy) is 1. The lowest BCUT2D eigenvalue weighted by atomic mass is 10.1. The molecule has 0 saturated carbocycles. The van der Waals surface area contributed by atoms with Gasteiger partial charge in [0.05, 0.1) is 12.7 Å². The fourth-order valence-electron chi connectivity index (χ4n) is 2.30. The summed E-state index contributed by atoms with van der Waals surface area (Å²) in [5.74, 6) is -0.833. The molecule has 23 heavy (non-hydrogen) atoms. The van der Waals surface area contributed by atoms with Crippen molar-refractivity contribution in [2.45, 2.75) is 104 Å². The van der Waals surface area contributed by atoms with Crippen LogP contribution in [0.5, 0.6) is 0 Å². The maximum absolute atomic E-state index is 9.02. The Morgan fingerprint density at radius 1 is 0.870 bits per heavy atom. The second kappa shape index (κ2) is 21.4. The SMILES string of the molecule is CC(=O)O.CCCCCCCCCCCCCCOCC(C)O. The van der Waals surface area contributed by atoms with Gasteiger partial charge < -0.3 is 14.9 Å². The van der Waals surface area contributed by atoms with E-state index >= 15 is 0 Å². The van der Waals surface area contributed by atoms with Gasteiger partial charge in [0.1, 0.15) is 0 Å². The molecule has 0 aromatic heterocycles. The van der Waals surface area contributed by atoms with Crippen molar-refractivity contribution in [2.24, 2.45) is 0 Å². The summed E-state index contributed by atoms with van der Waals surface area (Å²) in [6, 6.07) is 0. The van der Waals surface area contributed by atoms with E-state index in [9.17, 15) is 0 Å². The number of rotatable bonds is 15. The summed E-state index contributed by atoms with van der Waals surface area (Å²) in [6.45, 7) is 6.41. The maximum Gasteiger partial charge on any atom is 0.300 e. The molecule has 0 saturated heterocycles. The zero-order valence-electron chi connectivity index (χ0n) is 15.7. The van der Waals surface area contributed by atoms with Crippen LogP contribution in [0.3, 0.4) is 0 Å². The van der Waals surface area contributed by atoms with E-state index in [4.69, 9.17) is 19.7 Å². The first-order chi connectivity index (χ1) is 11.0. The Morgan fingerprint density at radius 2 is 1.22 bits per heavy atom. The van der Waals surface area contributed by atoms with Crippen molar-refractivity contribution in [2.75, 3.05) is 13.2 Å². The fourth-order valence-corrected chi connectivity index (χ4v) is 2.30. The van der Waals surface area contributed by atoms with Gasteiger partial charge in [0.25, 0.3) is 5.97 Å². The summed E-state index contributed by atoms with van der Waals surface area (Å²) in [5, 5.41) is 16.4. The van der Waals surface area contributed by atoms with Crippen LogP contribution in [0.2, 0.25) is 0 Å². The van der Waals surface area contributed by atoms with Crippen molar-refractivity contribution in [3.63, 3.8) is 0 Å². The van der Waals surface area contributed by atoms with Gasteiger partial charge in [-0.1, -0.05) is 77.6 Å². The third-order valence-corrected chi connectivity index (χ3v) is 3.50. The molecule has 140 valence electrons. The number of aliphatic hydroxyl groups is 1. The van der Waals surface area contributed by atoms with E-state index in [1.54, 1.807) is 6.92 Å². The second-order valence-electron chi connectivity index (χ2n) is 6.33. The van der Waals surface area contributed by atoms with Gasteiger partial charge >= 0.3 is 0 Å². The fraction of sp³-hybridized carbons (Fsp3) is 0.947. The summed E-state index contributed by atoms with van der Waals surface area (Å²) < 4.78 is 5.34. The van der Waals surface area contributed by atoms with Gasteiger partial charge in [-0.2, -0.15) is 0 Å². The summed E-state index contributed by atoms with van der Waals surface area (Å²) in [5.41, 5.74) is 0. The summed E-state index contributed by atoms with van der Waals surface area (Å²) in [6.07, 6.45) is 16.1. The van der Waals surface area contributed by atoms with Gasteiger partial charge in [-0.3, -0.25) is 4.79 Å². The third-order valence-electron chi connectivity index (χ3n) is 3.50. The predicted octanol–water partition coefficient (Wildman–Crippen LogP) is 5.18. The van der Waals surface area contributed by atoms with E-state index in [2.05, 4.69) is 6.92 Å². The number of unbranched alkanes of at least 4 members (excludes halogenated alkanes) is 11. The number of carbonyl (C=O) groups is 1. The highest BCUT2D eigenvalue weighted by atomic mass is 16.5. The van der Waals surface area contributed by atoms with Crippen LogP contribution in [-0.2, 0) is 9.53 Å². The molecule has 0 aliphatic carbocycles. The molecule has 0 rings (SSSR count).